The molecule has 0 aliphatic heterocycles. The van der Waals surface area contributed by atoms with Crippen molar-refractivity contribution in [2.45, 2.75) is 6.54 Å². The number of hydrogen-bond donors (Lipinski definition) is 0. The number of aromatic nitrogens is 2. The van der Waals surface area contributed by atoms with E-state index in [2.05, 4.69) is 21.7 Å². The van der Waals surface area contributed by atoms with Crippen molar-refractivity contribution in [1.29, 1.82) is 5.26 Å². The lowest BCUT2D eigenvalue weighted by molar-refractivity contribution is 0.834. The van der Waals surface area contributed by atoms with Crippen LogP contribution in [0.4, 0.5) is 0 Å². The Morgan fingerprint density at radius 3 is 2.95 bits per heavy atom. The van der Waals surface area contributed by atoms with E-state index in [9.17, 15) is 0 Å². The van der Waals surface area contributed by atoms with Crippen LogP contribution in [0.5, 0.6) is 0 Å². The normalized spacial score (nSPS) is 10.5. The van der Waals surface area contributed by atoms with E-state index in [1.165, 1.54) is 0 Å². The summed E-state index contributed by atoms with van der Waals surface area (Å²) in [7, 11) is 0. The summed E-state index contributed by atoms with van der Waals surface area (Å²) < 4.78 is 2.11. The molecule has 0 amide bonds. The fourth-order valence-corrected chi connectivity index (χ4v) is 2.29. The topological polar surface area (TPSA) is 41.6 Å². The smallest absolute Gasteiger partial charge is 0.140 e. The first-order valence-electron chi connectivity index (χ1n) is 5.86. The maximum Gasteiger partial charge on any atom is 0.140 e. The number of pyridine rings is 1. The van der Waals surface area contributed by atoms with E-state index in [4.69, 9.17) is 16.9 Å². The Balaban J connectivity index is 2.01. The SMILES string of the molecule is N#Cc1cc(Cn2ccc3ccc(Cl)cc32)ccn1. The van der Waals surface area contributed by atoms with E-state index in [0.29, 0.717) is 12.2 Å². The highest BCUT2D eigenvalue weighted by Crippen LogP contribution is 2.21. The Kier molecular flexibility index (Phi) is 2.94. The average Bonchev–Trinajstić information content (AvgIpc) is 2.81. The molecule has 2 aromatic heterocycles. The van der Waals surface area contributed by atoms with Crippen LogP contribution >= 0.6 is 11.6 Å². The summed E-state index contributed by atoms with van der Waals surface area (Å²) in [6, 6.07) is 13.7. The Morgan fingerprint density at radius 1 is 1.21 bits per heavy atom. The third-order valence-electron chi connectivity index (χ3n) is 3.03. The molecule has 4 heteroatoms. The maximum absolute atomic E-state index is 8.86. The zero-order valence-corrected chi connectivity index (χ0v) is 10.8. The van der Waals surface area contributed by atoms with E-state index in [-0.39, 0.29) is 0 Å². The van der Waals surface area contributed by atoms with Crippen LogP contribution in [-0.4, -0.2) is 9.55 Å². The minimum atomic E-state index is 0.437. The Hall–Kier alpha value is -2.31. The van der Waals surface area contributed by atoms with E-state index >= 15 is 0 Å². The van der Waals surface area contributed by atoms with Gasteiger partial charge in [0.05, 0.1) is 0 Å². The molecular weight excluding hydrogens is 258 g/mol. The standard InChI is InChI=1S/C15H10ClN3/c16-13-2-1-12-4-6-19(15(12)8-13)10-11-3-5-18-14(7-11)9-17/h1-8H,10H2. The van der Waals surface area contributed by atoms with Gasteiger partial charge in [-0.25, -0.2) is 4.98 Å². The quantitative estimate of drug-likeness (QED) is 0.712. The van der Waals surface area contributed by atoms with Gasteiger partial charge in [-0.15, -0.1) is 0 Å². The predicted octanol–water partition coefficient (Wildman–Crippen LogP) is 3.61. The Labute approximate surface area is 115 Å². The summed E-state index contributed by atoms with van der Waals surface area (Å²) in [5.74, 6) is 0. The van der Waals surface area contributed by atoms with Crippen LogP contribution in [0.1, 0.15) is 11.3 Å². The van der Waals surface area contributed by atoms with E-state index in [1.807, 2.05) is 30.5 Å². The lowest BCUT2D eigenvalue weighted by Crippen LogP contribution is -1.98. The number of benzene rings is 1. The fourth-order valence-electron chi connectivity index (χ4n) is 2.13. The van der Waals surface area contributed by atoms with Crippen LogP contribution in [-0.2, 0) is 6.54 Å². The molecule has 0 fully saturated rings. The van der Waals surface area contributed by atoms with Gasteiger partial charge >= 0.3 is 0 Å². The third kappa shape index (κ3) is 2.31. The molecule has 0 unspecified atom stereocenters. The minimum absolute atomic E-state index is 0.437. The summed E-state index contributed by atoms with van der Waals surface area (Å²) in [6.45, 7) is 0.695. The molecule has 2 heterocycles. The highest BCUT2D eigenvalue weighted by Gasteiger charge is 2.03. The first kappa shape index (κ1) is 11.8. The van der Waals surface area contributed by atoms with Gasteiger partial charge in [0.2, 0.25) is 0 Å². The number of nitriles is 1. The lowest BCUT2D eigenvalue weighted by atomic mass is 10.2. The van der Waals surface area contributed by atoms with E-state index < -0.39 is 0 Å². The second-order valence-corrected chi connectivity index (χ2v) is 4.74. The average molecular weight is 268 g/mol. The second kappa shape index (κ2) is 4.75. The van der Waals surface area contributed by atoms with Gasteiger partial charge in [0.1, 0.15) is 11.8 Å². The van der Waals surface area contributed by atoms with Crippen LogP contribution in [0.3, 0.4) is 0 Å². The summed E-state index contributed by atoms with van der Waals surface area (Å²) in [5.41, 5.74) is 2.57. The molecule has 3 nitrogen and oxygen atoms in total. The summed E-state index contributed by atoms with van der Waals surface area (Å²) in [5, 5.41) is 10.7. The van der Waals surface area contributed by atoms with Gasteiger partial charge in [0, 0.05) is 29.5 Å². The zero-order chi connectivity index (χ0) is 13.2. The van der Waals surface area contributed by atoms with Gasteiger partial charge in [-0.1, -0.05) is 17.7 Å². The molecule has 3 rings (SSSR count). The van der Waals surface area contributed by atoms with Crippen LogP contribution in [0.25, 0.3) is 10.9 Å². The summed E-state index contributed by atoms with van der Waals surface area (Å²) >= 11 is 6.03. The Bertz CT molecular complexity index is 783. The molecule has 0 spiro atoms. The molecule has 0 bridgehead atoms. The fraction of sp³-hybridized carbons (Fsp3) is 0.0667. The van der Waals surface area contributed by atoms with Gasteiger partial charge in [0.15, 0.2) is 0 Å². The van der Waals surface area contributed by atoms with Crippen molar-refractivity contribution >= 4 is 22.5 Å². The largest absolute Gasteiger partial charge is 0.343 e. The predicted molar refractivity (Wildman–Crippen MR) is 75.0 cm³/mol. The van der Waals surface area contributed by atoms with Gasteiger partial charge in [-0.2, -0.15) is 5.26 Å². The van der Waals surface area contributed by atoms with E-state index in [0.717, 1.165) is 21.5 Å². The number of fused-ring (bicyclic) bond motifs is 1. The van der Waals surface area contributed by atoms with Crippen molar-refractivity contribution in [1.82, 2.24) is 9.55 Å². The van der Waals surface area contributed by atoms with Crippen LogP contribution in [0.2, 0.25) is 5.02 Å². The van der Waals surface area contributed by atoms with Gasteiger partial charge in [0.25, 0.3) is 0 Å². The van der Waals surface area contributed by atoms with Crippen molar-refractivity contribution < 1.29 is 0 Å². The van der Waals surface area contributed by atoms with Crippen LogP contribution in [0.15, 0.2) is 48.8 Å². The molecule has 0 aliphatic carbocycles. The monoisotopic (exact) mass is 267 g/mol. The molecule has 19 heavy (non-hydrogen) atoms. The minimum Gasteiger partial charge on any atom is -0.343 e. The molecule has 0 N–H and O–H groups in total. The molecule has 0 radical (unpaired) electrons. The highest BCUT2D eigenvalue weighted by atomic mass is 35.5. The van der Waals surface area contributed by atoms with Gasteiger partial charge in [-0.05, 0) is 41.3 Å². The number of rotatable bonds is 2. The summed E-state index contributed by atoms with van der Waals surface area (Å²) in [4.78, 5) is 3.97. The first-order valence-corrected chi connectivity index (χ1v) is 6.23. The molecule has 0 aliphatic rings. The van der Waals surface area contributed by atoms with Crippen LogP contribution in [0, 0.1) is 11.3 Å². The molecule has 92 valence electrons. The van der Waals surface area contributed by atoms with Crippen molar-refractivity contribution in [3.05, 3.63) is 65.1 Å². The van der Waals surface area contributed by atoms with Gasteiger partial charge in [-0.3, -0.25) is 0 Å². The third-order valence-corrected chi connectivity index (χ3v) is 3.26. The highest BCUT2D eigenvalue weighted by molar-refractivity contribution is 6.31. The number of hydrogen-bond acceptors (Lipinski definition) is 2. The van der Waals surface area contributed by atoms with Crippen molar-refractivity contribution in [3.63, 3.8) is 0 Å². The number of halogens is 1. The number of nitrogens with zero attached hydrogens (tertiary/aromatic N) is 3. The molecular formula is C15H10ClN3. The van der Waals surface area contributed by atoms with E-state index in [1.54, 1.807) is 12.3 Å². The van der Waals surface area contributed by atoms with Crippen molar-refractivity contribution in [2.75, 3.05) is 0 Å². The zero-order valence-electron chi connectivity index (χ0n) is 10.0. The maximum atomic E-state index is 8.86. The lowest BCUT2D eigenvalue weighted by Gasteiger charge is -2.06. The molecule has 0 saturated heterocycles. The molecule has 0 atom stereocenters. The van der Waals surface area contributed by atoms with Crippen LogP contribution < -0.4 is 0 Å². The molecule has 1 aromatic carbocycles. The molecule has 0 saturated carbocycles. The Morgan fingerprint density at radius 2 is 2.11 bits per heavy atom. The van der Waals surface area contributed by atoms with Crippen molar-refractivity contribution in [2.24, 2.45) is 0 Å². The second-order valence-electron chi connectivity index (χ2n) is 4.31. The van der Waals surface area contributed by atoms with Crippen molar-refractivity contribution in [3.8, 4) is 6.07 Å². The first-order chi connectivity index (χ1) is 9.26. The molecule has 3 aromatic rings. The summed E-state index contributed by atoms with van der Waals surface area (Å²) in [6.07, 6.45) is 3.68. The van der Waals surface area contributed by atoms with Gasteiger partial charge < -0.3 is 4.57 Å².